The third-order valence-electron chi connectivity index (χ3n) is 2.99. The molecule has 1 aromatic carbocycles. The van der Waals surface area contributed by atoms with Crippen LogP contribution in [0.3, 0.4) is 0 Å². The van der Waals surface area contributed by atoms with Gasteiger partial charge in [0.25, 0.3) is 5.91 Å². The van der Waals surface area contributed by atoms with Crippen molar-refractivity contribution < 1.29 is 9.18 Å². The highest BCUT2D eigenvalue weighted by Gasteiger charge is 2.15. The maximum Gasteiger partial charge on any atom is 0.271 e. The number of thioether (sulfide) groups is 1. The molecule has 6 heteroatoms. The van der Waals surface area contributed by atoms with Gasteiger partial charge in [0.15, 0.2) is 0 Å². The number of pyridine rings is 1. The summed E-state index contributed by atoms with van der Waals surface area (Å²) in [6, 6.07) is 7.99. The van der Waals surface area contributed by atoms with Crippen LogP contribution in [-0.4, -0.2) is 16.6 Å². The monoisotopic (exact) mass is 301 g/mol. The summed E-state index contributed by atoms with van der Waals surface area (Å²) in [4.78, 5) is 16.8. The molecule has 0 bridgehead atoms. The second kappa shape index (κ2) is 5.97. The lowest BCUT2D eigenvalue weighted by atomic mass is 10.1. The van der Waals surface area contributed by atoms with Crippen LogP contribution in [0.15, 0.2) is 53.7 Å². The Balaban J connectivity index is 1.73. The number of halogens is 1. The van der Waals surface area contributed by atoms with Crippen LogP contribution in [0.2, 0.25) is 0 Å². The van der Waals surface area contributed by atoms with Crippen molar-refractivity contribution in [1.82, 2.24) is 15.8 Å². The second-order valence-electron chi connectivity index (χ2n) is 4.39. The van der Waals surface area contributed by atoms with E-state index in [-0.39, 0.29) is 11.7 Å². The van der Waals surface area contributed by atoms with E-state index >= 15 is 0 Å². The zero-order chi connectivity index (χ0) is 14.7. The number of carbonyl (C=O) groups excluding carboxylic acids is 1. The maximum atomic E-state index is 13.4. The van der Waals surface area contributed by atoms with Crippen molar-refractivity contribution in [3.63, 3.8) is 0 Å². The van der Waals surface area contributed by atoms with Gasteiger partial charge in [-0.2, -0.15) is 0 Å². The maximum absolute atomic E-state index is 13.4. The Morgan fingerprint density at radius 3 is 3.05 bits per heavy atom. The molecule has 0 saturated heterocycles. The Hall–Kier alpha value is -2.34. The Bertz CT molecular complexity index is 703. The number of benzene rings is 1. The number of aromatic nitrogens is 1. The van der Waals surface area contributed by atoms with E-state index in [1.807, 2.05) is 6.08 Å². The molecule has 1 aliphatic rings. The fourth-order valence-electron chi connectivity index (χ4n) is 1.97. The van der Waals surface area contributed by atoms with E-state index in [1.54, 1.807) is 36.2 Å². The van der Waals surface area contributed by atoms with Crippen LogP contribution >= 0.6 is 11.8 Å². The SMILES string of the molecule is O=C(NNC1=CCSc2ccc(F)cc21)c1cccnc1. The first-order valence-electron chi connectivity index (χ1n) is 6.33. The lowest BCUT2D eigenvalue weighted by Crippen LogP contribution is -2.36. The lowest BCUT2D eigenvalue weighted by Gasteiger charge is -2.19. The van der Waals surface area contributed by atoms with Crippen LogP contribution in [0.1, 0.15) is 15.9 Å². The van der Waals surface area contributed by atoms with E-state index in [2.05, 4.69) is 15.8 Å². The number of amides is 1. The number of rotatable bonds is 3. The first kappa shape index (κ1) is 13.6. The van der Waals surface area contributed by atoms with E-state index in [9.17, 15) is 9.18 Å². The minimum atomic E-state index is -0.303. The molecular weight excluding hydrogens is 289 g/mol. The number of hydrogen-bond acceptors (Lipinski definition) is 4. The van der Waals surface area contributed by atoms with Crippen LogP contribution in [0.4, 0.5) is 4.39 Å². The van der Waals surface area contributed by atoms with Crippen LogP contribution in [0, 0.1) is 5.82 Å². The minimum absolute atomic E-state index is 0.292. The molecule has 0 fully saturated rings. The van der Waals surface area contributed by atoms with Crippen molar-refractivity contribution in [2.75, 3.05) is 5.75 Å². The quantitative estimate of drug-likeness (QED) is 0.856. The number of nitrogens with one attached hydrogen (secondary N) is 2. The zero-order valence-electron chi connectivity index (χ0n) is 11.0. The molecule has 0 unspecified atom stereocenters. The smallest absolute Gasteiger partial charge is 0.271 e. The highest BCUT2D eigenvalue weighted by Crippen LogP contribution is 2.32. The molecule has 1 aromatic heterocycles. The highest BCUT2D eigenvalue weighted by molar-refractivity contribution is 7.99. The van der Waals surface area contributed by atoms with Gasteiger partial charge in [0.05, 0.1) is 11.3 Å². The minimum Gasteiger partial charge on any atom is -0.298 e. The average molecular weight is 301 g/mol. The molecule has 1 aliphatic heterocycles. The van der Waals surface area contributed by atoms with E-state index in [4.69, 9.17) is 0 Å². The normalized spacial score (nSPS) is 13.1. The first-order valence-corrected chi connectivity index (χ1v) is 7.32. The number of fused-ring (bicyclic) bond motifs is 1. The van der Waals surface area contributed by atoms with Gasteiger partial charge >= 0.3 is 0 Å². The van der Waals surface area contributed by atoms with Gasteiger partial charge in [-0.1, -0.05) is 0 Å². The zero-order valence-corrected chi connectivity index (χ0v) is 11.8. The number of nitrogens with zero attached hydrogens (tertiary/aromatic N) is 1. The number of hydrazine groups is 1. The summed E-state index contributed by atoms with van der Waals surface area (Å²) in [5.41, 5.74) is 7.35. The lowest BCUT2D eigenvalue weighted by molar-refractivity contribution is 0.0942. The van der Waals surface area contributed by atoms with Crippen LogP contribution < -0.4 is 10.9 Å². The van der Waals surface area contributed by atoms with Gasteiger partial charge in [0.2, 0.25) is 0 Å². The van der Waals surface area contributed by atoms with E-state index < -0.39 is 0 Å². The van der Waals surface area contributed by atoms with Crippen molar-refractivity contribution in [3.8, 4) is 0 Å². The van der Waals surface area contributed by atoms with Crippen molar-refractivity contribution in [3.05, 3.63) is 65.7 Å². The standard InChI is InChI=1S/C15H12FN3OS/c16-11-3-4-14-12(8-11)13(5-7-21-14)18-19-15(20)10-2-1-6-17-9-10/h1-6,8-9,18H,7H2,(H,19,20). The third kappa shape index (κ3) is 3.05. The van der Waals surface area contributed by atoms with Crippen LogP contribution in [0.25, 0.3) is 5.70 Å². The molecule has 2 N–H and O–H groups in total. The Kier molecular flexibility index (Phi) is 3.87. The van der Waals surface area contributed by atoms with Gasteiger partial charge in [0, 0.05) is 28.6 Å². The van der Waals surface area contributed by atoms with Gasteiger partial charge in [-0.25, -0.2) is 4.39 Å². The van der Waals surface area contributed by atoms with E-state index in [0.29, 0.717) is 11.3 Å². The molecule has 3 rings (SSSR count). The summed E-state index contributed by atoms with van der Waals surface area (Å²) in [5.74, 6) is 0.173. The van der Waals surface area contributed by atoms with Gasteiger partial charge in [-0.05, 0) is 36.4 Å². The molecule has 0 spiro atoms. The first-order chi connectivity index (χ1) is 10.2. The molecule has 0 atom stereocenters. The van der Waals surface area contributed by atoms with E-state index in [1.165, 1.54) is 18.3 Å². The van der Waals surface area contributed by atoms with Gasteiger partial charge in [-0.15, -0.1) is 11.8 Å². The molecule has 0 radical (unpaired) electrons. The Morgan fingerprint density at radius 2 is 2.24 bits per heavy atom. The van der Waals surface area contributed by atoms with Crippen molar-refractivity contribution >= 4 is 23.4 Å². The van der Waals surface area contributed by atoms with Crippen molar-refractivity contribution in [2.45, 2.75) is 4.90 Å². The Morgan fingerprint density at radius 1 is 1.33 bits per heavy atom. The third-order valence-corrected chi connectivity index (χ3v) is 3.99. The molecule has 2 heterocycles. The molecular formula is C15H12FN3OS. The van der Waals surface area contributed by atoms with Crippen molar-refractivity contribution in [2.24, 2.45) is 0 Å². The molecule has 4 nitrogen and oxygen atoms in total. The molecule has 21 heavy (non-hydrogen) atoms. The van der Waals surface area contributed by atoms with Gasteiger partial charge in [0.1, 0.15) is 5.82 Å². The van der Waals surface area contributed by atoms with Crippen LogP contribution in [0.5, 0.6) is 0 Å². The highest BCUT2D eigenvalue weighted by atomic mass is 32.2. The Labute approximate surface area is 125 Å². The number of carbonyl (C=O) groups is 1. The second-order valence-corrected chi connectivity index (χ2v) is 5.45. The fourth-order valence-corrected chi connectivity index (χ4v) is 2.89. The number of hydrogen-bond donors (Lipinski definition) is 2. The van der Waals surface area contributed by atoms with E-state index in [0.717, 1.165) is 16.2 Å². The van der Waals surface area contributed by atoms with Crippen LogP contribution in [-0.2, 0) is 0 Å². The summed E-state index contributed by atoms with van der Waals surface area (Å²) >= 11 is 1.63. The molecule has 1 amide bonds. The van der Waals surface area contributed by atoms with Gasteiger partial charge in [-0.3, -0.25) is 20.6 Å². The molecule has 2 aromatic rings. The summed E-state index contributed by atoms with van der Waals surface area (Å²) in [5, 5.41) is 0. The average Bonchev–Trinajstić information content (AvgIpc) is 2.53. The topological polar surface area (TPSA) is 54.0 Å². The largest absolute Gasteiger partial charge is 0.298 e. The molecule has 0 saturated carbocycles. The predicted octanol–water partition coefficient (Wildman–Crippen LogP) is 2.60. The summed E-state index contributed by atoms with van der Waals surface area (Å²) in [6.07, 6.45) is 5.00. The summed E-state index contributed by atoms with van der Waals surface area (Å²) in [7, 11) is 0. The fraction of sp³-hybridized carbons (Fsp3) is 0.0667. The summed E-state index contributed by atoms with van der Waals surface area (Å²) in [6.45, 7) is 0. The van der Waals surface area contributed by atoms with Gasteiger partial charge < -0.3 is 0 Å². The molecule has 0 aliphatic carbocycles. The van der Waals surface area contributed by atoms with Crippen molar-refractivity contribution in [1.29, 1.82) is 0 Å². The summed E-state index contributed by atoms with van der Waals surface area (Å²) < 4.78 is 13.4. The predicted molar refractivity (Wildman–Crippen MR) is 79.9 cm³/mol. The molecule has 106 valence electrons.